The van der Waals surface area contributed by atoms with Crippen molar-refractivity contribution in [2.75, 3.05) is 32.7 Å². The SMILES string of the molecule is N#C[C@H]1CN(C(=O)[C@@H]2CC[C@@H]3CCN(CC(F)F)C[C@H](NC(=O)c4cc5cc(C(F)(F)P(=O)(O)O)ccc5s4)C(=O)N32)C[C@@H]1c1ccccc1. The predicted octanol–water partition coefficient (Wildman–Crippen LogP) is 4.32. The van der Waals surface area contributed by atoms with E-state index in [1.165, 1.54) is 21.9 Å². The zero-order valence-electron chi connectivity index (χ0n) is 26.5. The maximum atomic E-state index is 14.4. The summed E-state index contributed by atoms with van der Waals surface area (Å²) in [6.45, 7) is -0.242. The molecule has 3 aromatic rings. The van der Waals surface area contributed by atoms with E-state index in [0.717, 1.165) is 29.0 Å². The Morgan fingerprint density at radius 3 is 2.48 bits per heavy atom. The molecule has 3 aliphatic rings. The van der Waals surface area contributed by atoms with Crippen LogP contribution in [0.25, 0.3) is 10.1 Å². The first-order valence-corrected chi connectivity index (χ1v) is 18.4. The summed E-state index contributed by atoms with van der Waals surface area (Å²) < 4.78 is 67.5. The Morgan fingerprint density at radius 1 is 1.06 bits per heavy atom. The Bertz CT molecular complexity index is 1870. The van der Waals surface area contributed by atoms with E-state index in [-0.39, 0.29) is 41.7 Å². The highest BCUT2D eigenvalue weighted by Crippen LogP contribution is 2.59. The van der Waals surface area contributed by atoms with Gasteiger partial charge in [0.1, 0.15) is 12.1 Å². The molecule has 17 heteroatoms. The average Bonchev–Trinajstić information content (AvgIpc) is 3.81. The number of nitrogens with one attached hydrogen (secondary N) is 1. The molecule has 3 N–H and O–H groups in total. The molecular weight excluding hydrogens is 701 g/mol. The van der Waals surface area contributed by atoms with Gasteiger partial charge in [0.2, 0.25) is 11.8 Å². The molecule has 266 valence electrons. The van der Waals surface area contributed by atoms with Gasteiger partial charge in [0, 0.05) is 48.4 Å². The number of alkyl halides is 4. The highest BCUT2D eigenvalue weighted by Gasteiger charge is 2.51. The van der Waals surface area contributed by atoms with Crippen molar-refractivity contribution >= 4 is 46.7 Å². The van der Waals surface area contributed by atoms with E-state index in [2.05, 4.69) is 11.4 Å². The monoisotopic (exact) mass is 735 g/mol. The van der Waals surface area contributed by atoms with Crippen LogP contribution < -0.4 is 5.32 Å². The molecule has 0 bridgehead atoms. The Labute approximate surface area is 288 Å². The third kappa shape index (κ3) is 7.02. The topological polar surface area (TPSA) is 154 Å². The van der Waals surface area contributed by atoms with Crippen molar-refractivity contribution in [3.8, 4) is 6.07 Å². The van der Waals surface area contributed by atoms with Crippen LogP contribution in [0, 0.1) is 17.2 Å². The summed E-state index contributed by atoms with van der Waals surface area (Å²) in [4.78, 5) is 64.5. The van der Waals surface area contributed by atoms with Crippen molar-refractivity contribution in [2.45, 2.75) is 55.4 Å². The zero-order valence-corrected chi connectivity index (χ0v) is 28.2. The number of carbonyl (C=O) groups is 3. The number of hydrogen-bond donors (Lipinski definition) is 3. The molecule has 50 heavy (non-hydrogen) atoms. The number of fused-ring (bicyclic) bond motifs is 2. The van der Waals surface area contributed by atoms with Crippen LogP contribution in [0.15, 0.2) is 54.6 Å². The van der Waals surface area contributed by atoms with Crippen molar-refractivity contribution in [3.63, 3.8) is 0 Å². The lowest BCUT2D eigenvalue weighted by Crippen LogP contribution is -2.61. The average molecular weight is 736 g/mol. The molecule has 4 heterocycles. The molecule has 3 aliphatic heterocycles. The number of nitrogens with zero attached hydrogens (tertiary/aromatic N) is 4. The van der Waals surface area contributed by atoms with Crippen molar-refractivity contribution in [1.29, 1.82) is 5.26 Å². The molecule has 0 spiro atoms. The van der Waals surface area contributed by atoms with Crippen LogP contribution >= 0.6 is 18.9 Å². The van der Waals surface area contributed by atoms with Crippen LogP contribution in [0.5, 0.6) is 0 Å². The van der Waals surface area contributed by atoms with Crippen LogP contribution in [-0.4, -0.2) is 99.5 Å². The molecule has 2 aromatic carbocycles. The summed E-state index contributed by atoms with van der Waals surface area (Å²) in [6.07, 6.45) is -1.60. The van der Waals surface area contributed by atoms with Gasteiger partial charge in [-0.05, 0) is 48.4 Å². The van der Waals surface area contributed by atoms with Gasteiger partial charge in [0.15, 0.2) is 0 Å². The van der Waals surface area contributed by atoms with Crippen LogP contribution in [0.4, 0.5) is 17.6 Å². The van der Waals surface area contributed by atoms with E-state index in [4.69, 9.17) is 9.79 Å². The minimum Gasteiger partial charge on any atom is -0.339 e. The number of rotatable bonds is 8. The number of amides is 3. The van der Waals surface area contributed by atoms with Crippen molar-refractivity contribution in [2.24, 2.45) is 5.92 Å². The minimum atomic E-state index is -5.84. The first-order chi connectivity index (χ1) is 23.7. The molecule has 3 saturated heterocycles. The normalized spacial score (nSPS) is 25.0. The largest absolute Gasteiger partial charge is 0.399 e. The standard InChI is InChI=1S/C33H34F4N5O6PS/c34-29(35)18-40-11-10-23-7-8-26(32(45)41-15-21(14-38)24(16-41)19-4-2-1-3-5-19)42(23)31(44)25(17-40)39-30(43)28-13-20-12-22(6-9-27(20)50-28)33(36,37)49(46,47)48/h1-6,9,12-13,21,23-26,29H,7-8,10-11,15-18H2,(H,39,43)(H2,46,47,48)/t21-,23+,24+,25-,26-/m0/s1. The van der Waals surface area contributed by atoms with Gasteiger partial charge in [0.25, 0.3) is 12.3 Å². The Hall–Kier alpha value is -3.87. The second-order valence-corrected chi connectivity index (χ2v) is 15.6. The summed E-state index contributed by atoms with van der Waals surface area (Å²) in [7, 11) is -5.84. The number of halogens is 4. The molecule has 0 unspecified atom stereocenters. The molecule has 0 aliphatic carbocycles. The maximum Gasteiger partial charge on any atom is 0.399 e. The molecule has 11 nitrogen and oxygen atoms in total. The van der Waals surface area contributed by atoms with Gasteiger partial charge in [-0.3, -0.25) is 23.8 Å². The quantitative estimate of drug-likeness (QED) is 0.229. The molecule has 0 saturated carbocycles. The van der Waals surface area contributed by atoms with Gasteiger partial charge in [-0.2, -0.15) is 14.0 Å². The van der Waals surface area contributed by atoms with E-state index in [1.54, 1.807) is 4.90 Å². The third-order valence-electron chi connectivity index (χ3n) is 9.74. The molecular formula is C33H34F4N5O6PS. The fourth-order valence-electron chi connectivity index (χ4n) is 7.25. The molecule has 3 fully saturated rings. The van der Waals surface area contributed by atoms with Gasteiger partial charge in [-0.15, -0.1) is 11.3 Å². The second kappa shape index (κ2) is 14.0. The minimum absolute atomic E-state index is 0.0101. The molecule has 3 amide bonds. The maximum absolute atomic E-state index is 14.4. The molecule has 1 aromatic heterocycles. The lowest BCUT2D eigenvalue weighted by Gasteiger charge is -2.39. The van der Waals surface area contributed by atoms with Gasteiger partial charge >= 0.3 is 13.3 Å². The van der Waals surface area contributed by atoms with E-state index >= 15 is 0 Å². The number of likely N-dealkylation sites (tertiary alicyclic amines) is 1. The first-order valence-electron chi connectivity index (χ1n) is 16.0. The molecule has 0 radical (unpaired) electrons. The summed E-state index contributed by atoms with van der Waals surface area (Å²) >= 11 is 0.888. The Balaban J connectivity index is 1.24. The summed E-state index contributed by atoms with van der Waals surface area (Å²) in [5, 5.41) is 12.6. The molecule has 5 atom stereocenters. The van der Waals surface area contributed by atoms with Crippen molar-refractivity contribution < 1.29 is 46.3 Å². The van der Waals surface area contributed by atoms with E-state index in [0.29, 0.717) is 30.5 Å². The lowest BCUT2D eigenvalue weighted by atomic mass is 9.90. The number of benzene rings is 2. The van der Waals surface area contributed by atoms with Gasteiger partial charge in [0.05, 0.1) is 23.4 Å². The Kier molecular flexibility index (Phi) is 10.1. The second-order valence-electron chi connectivity index (χ2n) is 12.9. The third-order valence-corrected chi connectivity index (χ3v) is 11.8. The van der Waals surface area contributed by atoms with Crippen molar-refractivity contribution in [3.05, 3.63) is 70.6 Å². The van der Waals surface area contributed by atoms with Crippen LogP contribution in [0.1, 0.15) is 46.0 Å². The summed E-state index contributed by atoms with van der Waals surface area (Å²) in [5.74, 6) is -2.37. The van der Waals surface area contributed by atoms with E-state index in [9.17, 15) is 41.8 Å². The molecule has 6 rings (SSSR count). The number of thiophene rings is 1. The van der Waals surface area contributed by atoms with Gasteiger partial charge in [-0.1, -0.05) is 36.4 Å². The predicted molar refractivity (Wildman–Crippen MR) is 175 cm³/mol. The van der Waals surface area contributed by atoms with E-state index < -0.39 is 67.7 Å². The lowest BCUT2D eigenvalue weighted by molar-refractivity contribution is -0.147. The zero-order chi connectivity index (χ0) is 36.0. The fourth-order valence-corrected chi connectivity index (χ4v) is 8.67. The van der Waals surface area contributed by atoms with Crippen molar-refractivity contribution in [1.82, 2.24) is 20.0 Å². The van der Waals surface area contributed by atoms with Crippen LogP contribution in [0.3, 0.4) is 0 Å². The van der Waals surface area contributed by atoms with Crippen LogP contribution in [0.2, 0.25) is 0 Å². The fraction of sp³-hybridized carbons (Fsp3) is 0.455. The highest BCUT2D eigenvalue weighted by atomic mass is 32.1. The Morgan fingerprint density at radius 2 is 1.80 bits per heavy atom. The van der Waals surface area contributed by atoms with E-state index in [1.807, 2.05) is 30.3 Å². The van der Waals surface area contributed by atoms with Gasteiger partial charge < -0.3 is 24.9 Å². The summed E-state index contributed by atoms with van der Waals surface area (Å²) in [5.41, 5.74) is -4.47. The number of hydrogen-bond acceptors (Lipinski definition) is 7. The summed E-state index contributed by atoms with van der Waals surface area (Å²) in [6, 6.07) is 13.2. The number of nitriles is 1. The smallest absolute Gasteiger partial charge is 0.339 e. The van der Waals surface area contributed by atoms with Gasteiger partial charge in [-0.25, -0.2) is 8.78 Å². The number of carbonyl (C=O) groups excluding carboxylic acids is 3. The first kappa shape index (κ1) is 35.9. The highest BCUT2D eigenvalue weighted by molar-refractivity contribution is 7.52. The van der Waals surface area contributed by atoms with Crippen LogP contribution in [-0.2, 0) is 19.8 Å².